The molecule has 3 N–H and O–H groups in total. The van der Waals surface area contributed by atoms with Gasteiger partial charge < -0.3 is 29.5 Å². The second-order valence-corrected chi connectivity index (χ2v) is 9.08. The summed E-state index contributed by atoms with van der Waals surface area (Å²) in [5.41, 5.74) is 0.294. The molecule has 6 heteroatoms. The summed E-state index contributed by atoms with van der Waals surface area (Å²) < 4.78 is 14.8. The van der Waals surface area contributed by atoms with Gasteiger partial charge in [0.25, 0.3) is 0 Å². The maximum absolute atomic E-state index is 8.49. The molecule has 0 saturated heterocycles. The van der Waals surface area contributed by atoms with Gasteiger partial charge in [-0.1, -0.05) is 144 Å². The van der Waals surface area contributed by atoms with Crippen molar-refractivity contribution in [2.24, 2.45) is 11.3 Å². The van der Waals surface area contributed by atoms with E-state index in [1.165, 1.54) is 19.3 Å². The van der Waals surface area contributed by atoms with Crippen molar-refractivity contribution >= 4 is 0 Å². The molecule has 0 aliphatic heterocycles. The van der Waals surface area contributed by atoms with E-state index in [1.807, 2.05) is 13.8 Å². The summed E-state index contributed by atoms with van der Waals surface area (Å²) in [5, 5.41) is 25.1. The highest BCUT2D eigenvalue weighted by Crippen LogP contribution is 2.30. The summed E-state index contributed by atoms with van der Waals surface area (Å²) in [6.45, 7) is 28.6. The van der Waals surface area contributed by atoms with Crippen molar-refractivity contribution in [3.8, 4) is 0 Å². The minimum Gasteiger partial charge on any atom is -0.371 e. The molecule has 0 aliphatic rings. The van der Waals surface area contributed by atoms with Gasteiger partial charge >= 0.3 is 0 Å². The predicted molar refractivity (Wildman–Crippen MR) is 184 cm³/mol. The van der Waals surface area contributed by atoms with E-state index in [0.717, 1.165) is 44.9 Å². The Bertz CT molecular complexity index is 292. The van der Waals surface area contributed by atoms with E-state index in [0.29, 0.717) is 24.5 Å². The van der Waals surface area contributed by atoms with Crippen molar-refractivity contribution in [1.29, 1.82) is 0 Å². The average Bonchev–Trinajstić information content (AvgIpc) is 2.91. The van der Waals surface area contributed by atoms with Crippen LogP contribution in [0, 0.1) is 11.3 Å². The Balaban J connectivity index is -0.0000000436. The van der Waals surface area contributed by atoms with Gasteiger partial charge in [0.2, 0.25) is 0 Å². The van der Waals surface area contributed by atoms with Crippen LogP contribution >= 0.6 is 0 Å². The second-order valence-electron chi connectivity index (χ2n) is 9.08. The molecule has 0 unspecified atom stereocenters. The topological polar surface area (TPSA) is 88.4 Å². The predicted octanol–water partition coefficient (Wildman–Crippen LogP) is 10.9. The summed E-state index contributed by atoms with van der Waals surface area (Å²) in [5.74, 6) is 0.622. The molecule has 0 aromatic heterocycles. The Hall–Kier alpha value is -0.240. The Kier molecular flexibility index (Phi) is 98.5. The van der Waals surface area contributed by atoms with Gasteiger partial charge in [0.1, 0.15) is 20.4 Å². The molecule has 258 valence electrons. The number of aliphatic hydroxyl groups is 3. The third-order valence-electron chi connectivity index (χ3n) is 5.57. The highest BCUT2D eigenvalue weighted by Gasteiger charge is 2.23. The molecule has 0 saturated carbocycles. The minimum absolute atomic E-state index is 0. The molecular formula is C34H86O6. The van der Waals surface area contributed by atoms with Crippen LogP contribution in [0.1, 0.15) is 176 Å². The van der Waals surface area contributed by atoms with Gasteiger partial charge in [0.05, 0.1) is 19.3 Å². The van der Waals surface area contributed by atoms with Crippen LogP contribution in [0.2, 0.25) is 0 Å². The quantitative estimate of drug-likeness (QED) is 0.164. The zero-order valence-corrected chi connectivity index (χ0v) is 27.8. The number of rotatable bonds is 15. The van der Waals surface area contributed by atoms with Crippen LogP contribution in [0.4, 0.5) is 0 Å². The fourth-order valence-electron chi connectivity index (χ4n) is 2.69. The molecule has 0 amide bonds. The zero-order chi connectivity index (χ0) is 30.4. The summed E-state index contributed by atoms with van der Waals surface area (Å²) >= 11 is 0. The highest BCUT2D eigenvalue weighted by atomic mass is 16.6. The van der Waals surface area contributed by atoms with Gasteiger partial charge in [-0.2, -0.15) is 0 Å². The van der Waals surface area contributed by atoms with Gasteiger partial charge in [-0.3, -0.25) is 0 Å². The Morgan fingerprint density at radius 1 is 0.500 bits per heavy atom. The first-order valence-corrected chi connectivity index (χ1v) is 15.3. The van der Waals surface area contributed by atoms with Crippen molar-refractivity contribution < 1.29 is 29.5 Å². The van der Waals surface area contributed by atoms with Crippen LogP contribution in [-0.2, 0) is 14.2 Å². The molecule has 0 atom stereocenters. The van der Waals surface area contributed by atoms with Gasteiger partial charge in [-0.25, -0.2) is 0 Å². The monoisotopic (exact) mass is 591 g/mol. The minimum atomic E-state index is -0.151. The number of hydrogen-bond donors (Lipinski definition) is 3. The number of hydrogen-bond acceptors (Lipinski definition) is 6. The van der Waals surface area contributed by atoms with Gasteiger partial charge in [-0.05, 0) is 43.4 Å². The van der Waals surface area contributed by atoms with Crippen LogP contribution in [0.15, 0.2) is 0 Å². The molecule has 0 aromatic carbocycles. The van der Waals surface area contributed by atoms with Gasteiger partial charge in [-0.15, -0.1) is 0 Å². The van der Waals surface area contributed by atoms with Crippen LogP contribution in [0.5, 0.6) is 0 Å². The molecular weight excluding hydrogens is 504 g/mol. The first kappa shape index (κ1) is 63.1. The standard InChI is InChI=1S/C9H20O2.C7H16O2.C6H14O2.3C3H8.3CH4/c1-4-9(5-2,6-3)7-11-8-10;1-3-7(4-2)5-9-6-8;1-3-6(4-2)8-5-7;3*1-3-2;;;/h10H,4-8H2,1-3H3;7-8H,3-6H2,1-2H3;6-7H,3-5H2,1-2H3;3*3H2,1-2H3;3*1H4. The molecule has 0 spiro atoms. The summed E-state index contributed by atoms with van der Waals surface area (Å²) in [6, 6.07) is 0. The van der Waals surface area contributed by atoms with Gasteiger partial charge in [0.15, 0.2) is 0 Å². The van der Waals surface area contributed by atoms with Crippen LogP contribution < -0.4 is 0 Å². The van der Waals surface area contributed by atoms with E-state index in [-0.39, 0.29) is 48.8 Å². The molecule has 40 heavy (non-hydrogen) atoms. The number of aliphatic hydroxyl groups excluding tert-OH is 3. The fourth-order valence-corrected chi connectivity index (χ4v) is 2.69. The normalized spacial score (nSPS) is 9.15. The molecule has 0 rings (SSSR count). The van der Waals surface area contributed by atoms with Crippen molar-refractivity contribution in [2.75, 3.05) is 33.6 Å². The fraction of sp³-hybridized carbons (Fsp3) is 1.00. The summed E-state index contributed by atoms with van der Waals surface area (Å²) in [4.78, 5) is 0. The first-order valence-electron chi connectivity index (χ1n) is 15.3. The van der Waals surface area contributed by atoms with Crippen LogP contribution in [0.3, 0.4) is 0 Å². The lowest BCUT2D eigenvalue weighted by Gasteiger charge is -2.29. The van der Waals surface area contributed by atoms with E-state index in [9.17, 15) is 0 Å². The zero-order valence-electron chi connectivity index (χ0n) is 27.8. The lowest BCUT2D eigenvalue weighted by molar-refractivity contribution is -0.0521. The largest absolute Gasteiger partial charge is 0.371 e. The SMILES string of the molecule is C.C.C.CCC.CCC.CCC.CCC(CC)(CC)COCO.CCC(CC)COCO.CCC(CC)OCO. The van der Waals surface area contributed by atoms with Crippen LogP contribution in [-0.4, -0.2) is 55.0 Å². The maximum atomic E-state index is 8.49. The molecule has 0 fully saturated rings. The van der Waals surface area contributed by atoms with Crippen molar-refractivity contribution in [2.45, 2.75) is 183 Å². The number of ether oxygens (including phenoxy) is 3. The van der Waals surface area contributed by atoms with E-state index in [4.69, 9.17) is 29.5 Å². The van der Waals surface area contributed by atoms with Gasteiger partial charge in [0, 0.05) is 0 Å². The lowest BCUT2D eigenvalue weighted by atomic mass is 9.81. The molecule has 0 heterocycles. The third kappa shape index (κ3) is 61.7. The lowest BCUT2D eigenvalue weighted by Crippen LogP contribution is -2.24. The second kappa shape index (κ2) is 62.4. The molecule has 0 aliphatic carbocycles. The molecule has 0 bridgehead atoms. The Morgan fingerprint density at radius 2 is 0.825 bits per heavy atom. The maximum Gasteiger partial charge on any atom is 0.143 e. The van der Waals surface area contributed by atoms with Crippen molar-refractivity contribution in [3.63, 3.8) is 0 Å². The van der Waals surface area contributed by atoms with Crippen LogP contribution in [0.25, 0.3) is 0 Å². The van der Waals surface area contributed by atoms with E-state index >= 15 is 0 Å². The van der Waals surface area contributed by atoms with E-state index in [2.05, 4.69) is 76.2 Å². The Labute approximate surface area is 257 Å². The molecule has 0 radical (unpaired) electrons. The summed E-state index contributed by atoms with van der Waals surface area (Å²) in [7, 11) is 0. The first-order chi connectivity index (χ1) is 17.7. The van der Waals surface area contributed by atoms with Crippen molar-refractivity contribution in [1.82, 2.24) is 0 Å². The molecule has 6 nitrogen and oxygen atoms in total. The average molecular weight is 591 g/mol. The molecule has 0 aromatic rings. The highest BCUT2D eigenvalue weighted by molar-refractivity contribution is 4.73. The third-order valence-corrected chi connectivity index (χ3v) is 5.57. The smallest absolute Gasteiger partial charge is 0.143 e. The van der Waals surface area contributed by atoms with E-state index in [1.54, 1.807) is 0 Å². The van der Waals surface area contributed by atoms with Crippen molar-refractivity contribution in [3.05, 3.63) is 0 Å². The Morgan fingerprint density at radius 3 is 1.00 bits per heavy atom. The van der Waals surface area contributed by atoms with E-state index < -0.39 is 0 Å². The summed E-state index contributed by atoms with van der Waals surface area (Å²) in [6.07, 6.45) is 11.6.